The summed E-state index contributed by atoms with van der Waals surface area (Å²) in [7, 11) is 1.70. The Kier molecular flexibility index (Phi) is 2.21. The quantitative estimate of drug-likeness (QED) is 0.719. The van der Waals surface area contributed by atoms with Crippen molar-refractivity contribution in [2.75, 3.05) is 7.11 Å². The average molecular weight is 254 g/mol. The Bertz CT molecular complexity index is 599. The highest BCUT2D eigenvalue weighted by Gasteiger charge is 2.54. The summed E-state index contributed by atoms with van der Waals surface area (Å²) in [6, 6.07) is 6.29. The lowest BCUT2D eigenvalue weighted by molar-refractivity contribution is -0.126. The highest BCUT2D eigenvalue weighted by atomic mass is 16.5. The molecular weight excluding hydrogens is 236 g/mol. The number of fused-ring (bicyclic) bond motifs is 5. The summed E-state index contributed by atoms with van der Waals surface area (Å²) in [5, 5.41) is 0. The van der Waals surface area contributed by atoms with Crippen LogP contribution >= 0.6 is 0 Å². The van der Waals surface area contributed by atoms with Gasteiger partial charge in [-0.15, -0.1) is 0 Å². The van der Waals surface area contributed by atoms with Crippen LogP contribution in [0.25, 0.3) is 0 Å². The lowest BCUT2D eigenvalue weighted by Gasteiger charge is -2.40. The largest absolute Gasteiger partial charge is 0.497 e. The average Bonchev–Trinajstić information content (AvgIpc) is 3.04. The van der Waals surface area contributed by atoms with Gasteiger partial charge in [0.1, 0.15) is 11.5 Å². The Balaban J connectivity index is 1.89. The van der Waals surface area contributed by atoms with Crippen molar-refractivity contribution in [2.45, 2.75) is 37.5 Å². The number of ketones is 1. The first kappa shape index (κ1) is 11.3. The van der Waals surface area contributed by atoms with Crippen LogP contribution in [0.4, 0.5) is 0 Å². The Morgan fingerprint density at radius 1 is 1.32 bits per heavy atom. The highest BCUT2D eigenvalue weighted by Crippen LogP contribution is 2.57. The van der Waals surface area contributed by atoms with Gasteiger partial charge in [0.2, 0.25) is 0 Å². The molecule has 1 aromatic carbocycles. The molecule has 1 aromatic rings. The molecule has 3 aliphatic carbocycles. The van der Waals surface area contributed by atoms with Crippen LogP contribution in [0.3, 0.4) is 0 Å². The van der Waals surface area contributed by atoms with E-state index in [1.54, 1.807) is 7.11 Å². The molecule has 0 radical (unpaired) electrons. The van der Waals surface area contributed by atoms with Gasteiger partial charge in [0, 0.05) is 6.42 Å². The van der Waals surface area contributed by atoms with Crippen LogP contribution in [-0.2, 0) is 16.6 Å². The van der Waals surface area contributed by atoms with Gasteiger partial charge in [-0.3, -0.25) is 4.79 Å². The number of aryl methyl sites for hydroxylation is 1. The van der Waals surface area contributed by atoms with Crippen LogP contribution in [0, 0.1) is 5.92 Å². The molecule has 0 aliphatic heterocycles. The van der Waals surface area contributed by atoms with E-state index in [-0.39, 0.29) is 5.41 Å². The Labute approximate surface area is 113 Å². The normalized spacial score (nSPS) is 31.5. The monoisotopic (exact) mass is 254 g/mol. The summed E-state index contributed by atoms with van der Waals surface area (Å²) in [6.07, 6.45) is 7.11. The van der Waals surface area contributed by atoms with E-state index in [0.717, 1.165) is 31.4 Å². The number of benzene rings is 1. The molecule has 0 heterocycles. The highest BCUT2D eigenvalue weighted by molar-refractivity contribution is 5.94. The fourth-order valence-electron chi connectivity index (χ4n) is 4.42. The van der Waals surface area contributed by atoms with E-state index in [4.69, 9.17) is 4.74 Å². The number of carbonyl (C=O) groups excluding carboxylic acids is 1. The number of hydrogen-bond acceptors (Lipinski definition) is 2. The molecule has 2 unspecified atom stereocenters. The maximum atomic E-state index is 12.7. The maximum Gasteiger partial charge on any atom is 0.144 e. The number of methoxy groups -OCH3 is 1. The molecule has 19 heavy (non-hydrogen) atoms. The summed E-state index contributed by atoms with van der Waals surface area (Å²) in [6.45, 7) is 0. The van der Waals surface area contributed by atoms with Gasteiger partial charge in [0.25, 0.3) is 0 Å². The van der Waals surface area contributed by atoms with E-state index in [1.807, 2.05) is 6.07 Å². The van der Waals surface area contributed by atoms with E-state index in [1.165, 1.54) is 16.7 Å². The predicted octanol–water partition coefficient (Wildman–Crippen LogP) is 3.19. The van der Waals surface area contributed by atoms with Crippen LogP contribution in [-0.4, -0.2) is 12.9 Å². The minimum absolute atomic E-state index is 0.191. The second-order valence-electron chi connectivity index (χ2n) is 6.09. The Hall–Kier alpha value is -1.57. The fraction of sp³-hybridized carbons (Fsp3) is 0.471. The molecule has 1 fully saturated rings. The van der Waals surface area contributed by atoms with Crippen molar-refractivity contribution >= 4 is 5.78 Å². The summed E-state index contributed by atoms with van der Waals surface area (Å²) in [5.41, 5.74) is 3.93. The van der Waals surface area contributed by atoms with E-state index in [2.05, 4.69) is 18.2 Å². The van der Waals surface area contributed by atoms with E-state index >= 15 is 0 Å². The smallest absolute Gasteiger partial charge is 0.144 e. The van der Waals surface area contributed by atoms with Gasteiger partial charge < -0.3 is 4.74 Å². The molecule has 0 saturated heterocycles. The van der Waals surface area contributed by atoms with Gasteiger partial charge in [-0.25, -0.2) is 0 Å². The van der Waals surface area contributed by atoms with E-state index in [0.29, 0.717) is 18.1 Å². The first-order valence-electron chi connectivity index (χ1n) is 7.12. The zero-order chi connectivity index (χ0) is 13.0. The minimum atomic E-state index is -0.191. The Morgan fingerprint density at radius 3 is 2.89 bits per heavy atom. The van der Waals surface area contributed by atoms with Crippen LogP contribution in [0.5, 0.6) is 5.75 Å². The first-order chi connectivity index (χ1) is 9.24. The lowest BCUT2D eigenvalue weighted by atomic mass is 9.62. The molecule has 1 saturated carbocycles. The fourth-order valence-corrected chi connectivity index (χ4v) is 4.42. The van der Waals surface area contributed by atoms with Crippen molar-refractivity contribution in [2.24, 2.45) is 5.92 Å². The molecule has 2 nitrogen and oxygen atoms in total. The predicted molar refractivity (Wildman–Crippen MR) is 73.4 cm³/mol. The molecule has 1 spiro atoms. The van der Waals surface area contributed by atoms with Gasteiger partial charge in [-0.1, -0.05) is 17.7 Å². The molecule has 3 aliphatic rings. The molecule has 98 valence electrons. The molecule has 2 atom stereocenters. The zero-order valence-electron chi connectivity index (χ0n) is 11.2. The van der Waals surface area contributed by atoms with Crippen molar-refractivity contribution in [3.05, 3.63) is 41.0 Å². The SMILES string of the molecule is COc1ccc2c(c1)CCC(=O)C21CC2=CCC1C2. The van der Waals surface area contributed by atoms with E-state index in [9.17, 15) is 4.79 Å². The third-order valence-corrected chi connectivity index (χ3v) is 5.31. The molecular formula is C17H18O2. The van der Waals surface area contributed by atoms with Crippen molar-refractivity contribution in [1.29, 1.82) is 0 Å². The van der Waals surface area contributed by atoms with Gasteiger partial charge in [0.05, 0.1) is 12.5 Å². The topological polar surface area (TPSA) is 26.3 Å². The van der Waals surface area contributed by atoms with Gasteiger partial charge in [-0.05, 0) is 54.9 Å². The third-order valence-electron chi connectivity index (χ3n) is 5.31. The van der Waals surface area contributed by atoms with Gasteiger partial charge in [0.15, 0.2) is 0 Å². The molecule has 0 amide bonds. The molecule has 0 N–H and O–H groups in total. The van der Waals surface area contributed by atoms with Crippen LogP contribution in [0.1, 0.15) is 36.8 Å². The summed E-state index contributed by atoms with van der Waals surface area (Å²) in [4.78, 5) is 12.7. The second kappa shape index (κ2) is 3.72. The number of rotatable bonds is 1. The van der Waals surface area contributed by atoms with Gasteiger partial charge >= 0.3 is 0 Å². The second-order valence-corrected chi connectivity index (χ2v) is 6.09. The van der Waals surface area contributed by atoms with Crippen molar-refractivity contribution < 1.29 is 9.53 Å². The first-order valence-corrected chi connectivity index (χ1v) is 7.12. The van der Waals surface area contributed by atoms with Crippen molar-refractivity contribution in [3.8, 4) is 5.75 Å². The van der Waals surface area contributed by atoms with Crippen LogP contribution < -0.4 is 4.74 Å². The Morgan fingerprint density at radius 2 is 2.21 bits per heavy atom. The van der Waals surface area contributed by atoms with Crippen molar-refractivity contribution in [3.63, 3.8) is 0 Å². The summed E-state index contributed by atoms with van der Waals surface area (Å²) in [5.74, 6) is 1.89. The third kappa shape index (κ3) is 1.35. The molecule has 2 heteroatoms. The summed E-state index contributed by atoms with van der Waals surface area (Å²) < 4.78 is 5.32. The van der Waals surface area contributed by atoms with Gasteiger partial charge in [-0.2, -0.15) is 0 Å². The number of carbonyl (C=O) groups is 1. The minimum Gasteiger partial charge on any atom is -0.497 e. The number of allylic oxidation sites excluding steroid dienone is 2. The number of ether oxygens (including phenoxy) is 1. The van der Waals surface area contributed by atoms with Crippen molar-refractivity contribution in [1.82, 2.24) is 0 Å². The number of Topliss-reactive ketones (excluding diaryl/α,β-unsaturated/α-hetero) is 1. The standard InChI is InChI=1S/C17H18O2/c1-19-14-5-6-15-12(9-14)3-7-16(18)17(15)10-11-2-4-13(17)8-11/h2,5-6,9,13H,3-4,7-8,10H2,1H3. The molecule has 2 bridgehead atoms. The molecule has 4 rings (SSSR count). The summed E-state index contributed by atoms with van der Waals surface area (Å²) >= 11 is 0. The zero-order valence-corrected chi connectivity index (χ0v) is 11.2. The lowest BCUT2D eigenvalue weighted by Crippen LogP contribution is -2.43. The molecule has 0 aromatic heterocycles. The number of hydrogen-bond donors (Lipinski definition) is 0. The van der Waals surface area contributed by atoms with Crippen LogP contribution in [0.15, 0.2) is 29.8 Å². The van der Waals surface area contributed by atoms with E-state index < -0.39 is 0 Å². The maximum absolute atomic E-state index is 12.7. The van der Waals surface area contributed by atoms with Crippen LogP contribution in [0.2, 0.25) is 0 Å².